The lowest BCUT2D eigenvalue weighted by atomic mass is 9.94. The summed E-state index contributed by atoms with van der Waals surface area (Å²) in [5, 5.41) is 3.01. The monoisotopic (exact) mass is 323 g/mol. The summed E-state index contributed by atoms with van der Waals surface area (Å²) in [6, 6.07) is 8.35. The van der Waals surface area contributed by atoms with E-state index in [0.29, 0.717) is 6.54 Å². The van der Waals surface area contributed by atoms with Gasteiger partial charge in [0.1, 0.15) is 5.82 Å². The summed E-state index contributed by atoms with van der Waals surface area (Å²) in [6.45, 7) is 3.37. The van der Waals surface area contributed by atoms with Gasteiger partial charge in [-0.15, -0.1) is 0 Å². The summed E-state index contributed by atoms with van der Waals surface area (Å²) < 4.78 is 2.12. The van der Waals surface area contributed by atoms with Gasteiger partial charge in [0.15, 0.2) is 0 Å². The number of aromatic nitrogens is 2. The molecule has 1 fully saturated rings. The van der Waals surface area contributed by atoms with E-state index in [1.165, 1.54) is 30.4 Å². The van der Waals surface area contributed by atoms with E-state index in [1.807, 2.05) is 25.4 Å². The lowest BCUT2D eigenvalue weighted by Gasteiger charge is -2.13. The predicted octanol–water partition coefficient (Wildman–Crippen LogP) is 3.75. The summed E-state index contributed by atoms with van der Waals surface area (Å²) >= 11 is 0. The number of carbonyl (C=O) groups excluding carboxylic acids is 1. The molecule has 1 aliphatic rings. The second-order valence-electron chi connectivity index (χ2n) is 6.50. The van der Waals surface area contributed by atoms with Crippen molar-refractivity contribution in [3.05, 3.63) is 65.3 Å². The number of nitrogens with zero attached hydrogens (tertiary/aromatic N) is 2. The van der Waals surface area contributed by atoms with Gasteiger partial charge in [-0.05, 0) is 43.7 Å². The number of nitrogens with one attached hydrogen (secondary N) is 1. The van der Waals surface area contributed by atoms with E-state index in [1.54, 1.807) is 6.08 Å². The standard InChI is InChI=1S/C20H25N3O/c1-16-21-10-11-23(16)15-19-9-5-8-18(12-19)14-22-20(24)13-17-6-3-2-4-7-17/h5,8-13H,2-4,6-7,14-15H2,1H3,(H,22,24). The van der Waals surface area contributed by atoms with Crippen molar-refractivity contribution in [1.82, 2.24) is 14.9 Å². The lowest BCUT2D eigenvalue weighted by Crippen LogP contribution is -2.21. The molecule has 1 aliphatic carbocycles. The van der Waals surface area contributed by atoms with E-state index in [2.05, 4.69) is 33.1 Å². The Morgan fingerprint density at radius 1 is 1.25 bits per heavy atom. The van der Waals surface area contributed by atoms with Gasteiger partial charge in [-0.2, -0.15) is 0 Å². The first kappa shape index (κ1) is 16.5. The van der Waals surface area contributed by atoms with Crippen LogP contribution in [0.2, 0.25) is 0 Å². The smallest absolute Gasteiger partial charge is 0.244 e. The molecule has 1 aromatic carbocycles. The van der Waals surface area contributed by atoms with Gasteiger partial charge in [0, 0.05) is 31.6 Å². The molecule has 2 aromatic rings. The van der Waals surface area contributed by atoms with Gasteiger partial charge in [-0.3, -0.25) is 4.79 Å². The molecule has 0 radical (unpaired) electrons. The topological polar surface area (TPSA) is 46.9 Å². The largest absolute Gasteiger partial charge is 0.348 e. The van der Waals surface area contributed by atoms with Crippen molar-refractivity contribution in [3.8, 4) is 0 Å². The molecule has 0 bridgehead atoms. The van der Waals surface area contributed by atoms with Gasteiger partial charge in [0.05, 0.1) is 0 Å². The first-order valence-electron chi connectivity index (χ1n) is 8.73. The van der Waals surface area contributed by atoms with Crippen LogP contribution in [0.15, 0.2) is 48.3 Å². The number of rotatable bonds is 5. The molecule has 0 spiro atoms. The Bertz CT molecular complexity index is 722. The Labute approximate surface area is 143 Å². The number of allylic oxidation sites excluding steroid dienone is 1. The molecule has 126 valence electrons. The molecule has 1 N–H and O–H groups in total. The lowest BCUT2D eigenvalue weighted by molar-refractivity contribution is -0.116. The third kappa shape index (κ3) is 4.57. The molecule has 1 amide bonds. The molecular formula is C20H25N3O. The van der Waals surface area contributed by atoms with Crippen molar-refractivity contribution >= 4 is 5.91 Å². The molecule has 0 atom stereocenters. The maximum Gasteiger partial charge on any atom is 0.244 e. The first-order valence-corrected chi connectivity index (χ1v) is 8.73. The number of amides is 1. The Kier molecular flexibility index (Phi) is 5.47. The highest BCUT2D eigenvalue weighted by Gasteiger charge is 2.07. The molecule has 4 nitrogen and oxygen atoms in total. The van der Waals surface area contributed by atoms with E-state index in [4.69, 9.17) is 0 Å². The number of benzene rings is 1. The van der Waals surface area contributed by atoms with Crippen LogP contribution >= 0.6 is 0 Å². The molecule has 3 rings (SSSR count). The highest BCUT2D eigenvalue weighted by atomic mass is 16.1. The highest BCUT2D eigenvalue weighted by molar-refractivity contribution is 5.88. The van der Waals surface area contributed by atoms with E-state index >= 15 is 0 Å². The van der Waals surface area contributed by atoms with Crippen molar-refractivity contribution in [1.29, 1.82) is 0 Å². The Morgan fingerprint density at radius 2 is 2.04 bits per heavy atom. The van der Waals surface area contributed by atoms with Crippen LogP contribution in [0.4, 0.5) is 0 Å². The van der Waals surface area contributed by atoms with Crippen molar-refractivity contribution in [2.24, 2.45) is 0 Å². The zero-order chi connectivity index (χ0) is 16.8. The molecule has 0 unspecified atom stereocenters. The Balaban J connectivity index is 1.56. The molecule has 0 aliphatic heterocycles. The van der Waals surface area contributed by atoms with Crippen LogP contribution in [0.25, 0.3) is 0 Å². The van der Waals surface area contributed by atoms with Gasteiger partial charge < -0.3 is 9.88 Å². The summed E-state index contributed by atoms with van der Waals surface area (Å²) in [5.74, 6) is 1.04. The number of hydrogen-bond donors (Lipinski definition) is 1. The quantitative estimate of drug-likeness (QED) is 0.852. The minimum absolute atomic E-state index is 0.0303. The number of aryl methyl sites for hydroxylation is 1. The molecule has 0 saturated heterocycles. The summed E-state index contributed by atoms with van der Waals surface area (Å²) in [7, 11) is 0. The second kappa shape index (κ2) is 7.95. The van der Waals surface area contributed by atoms with E-state index in [9.17, 15) is 4.79 Å². The van der Waals surface area contributed by atoms with Crippen LogP contribution in [0, 0.1) is 6.92 Å². The SMILES string of the molecule is Cc1nccn1Cc1cccc(CNC(=O)C=C2CCCCC2)c1. The van der Waals surface area contributed by atoms with Crippen LogP contribution in [0.3, 0.4) is 0 Å². The second-order valence-corrected chi connectivity index (χ2v) is 6.50. The van der Waals surface area contributed by atoms with Crippen LogP contribution in [-0.2, 0) is 17.9 Å². The minimum Gasteiger partial charge on any atom is -0.348 e. The van der Waals surface area contributed by atoms with Crippen molar-refractivity contribution < 1.29 is 4.79 Å². The summed E-state index contributed by atoms with van der Waals surface area (Å²) in [5.41, 5.74) is 3.64. The van der Waals surface area contributed by atoms with Gasteiger partial charge in [-0.25, -0.2) is 4.98 Å². The van der Waals surface area contributed by atoms with E-state index < -0.39 is 0 Å². The van der Waals surface area contributed by atoms with Gasteiger partial charge >= 0.3 is 0 Å². The summed E-state index contributed by atoms with van der Waals surface area (Å²) in [4.78, 5) is 16.3. The minimum atomic E-state index is 0.0303. The number of imidazole rings is 1. The first-order chi connectivity index (χ1) is 11.7. The zero-order valence-electron chi connectivity index (χ0n) is 14.3. The zero-order valence-corrected chi connectivity index (χ0v) is 14.3. The maximum atomic E-state index is 12.1. The molecule has 1 saturated carbocycles. The fourth-order valence-corrected chi connectivity index (χ4v) is 3.18. The fourth-order valence-electron chi connectivity index (χ4n) is 3.18. The number of hydrogen-bond acceptors (Lipinski definition) is 2. The van der Waals surface area contributed by atoms with Crippen LogP contribution in [0.1, 0.15) is 49.1 Å². The molecule has 1 aromatic heterocycles. The third-order valence-corrected chi connectivity index (χ3v) is 4.57. The Hall–Kier alpha value is -2.36. The normalized spacial score (nSPS) is 14.5. The average Bonchev–Trinajstić information content (AvgIpc) is 2.99. The summed E-state index contributed by atoms with van der Waals surface area (Å²) in [6.07, 6.45) is 11.5. The average molecular weight is 323 g/mol. The molecular weight excluding hydrogens is 298 g/mol. The third-order valence-electron chi connectivity index (χ3n) is 4.57. The highest BCUT2D eigenvalue weighted by Crippen LogP contribution is 2.22. The van der Waals surface area contributed by atoms with Crippen molar-refractivity contribution in [3.63, 3.8) is 0 Å². The van der Waals surface area contributed by atoms with Crippen LogP contribution in [-0.4, -0.2) is 15.5 Å². The van der Waals surface area contributed by atoms with Crippen molar-refractivity contribution in [2.75, 3.05) is 0 Å². The van der Waals surface area contributed by atoms with Gasteiger partial charge in [-0.1, -0.05) is 36.3 Å². The van der Waals surface area contributed by atoms with Crippen LogP contribution in [0.5, 0.6) is 0 Å². The van der Waals surface area contributed by atoms with E-state index in [0.717, 1.165) is 30.8 Å². The fraction of sp³-hybridized carbons (Fsp3) is 0.400. The predicted molar refractivity (Wildman–Crippen MR) is 95.5 cm³/mol. The molecule has 4 heteroatoms. The van der Waals surface area contributed by atoms with Crippen LogP contribution < -0.4 is 5.32 Å². The van der Waals surface area contributed by atoms with Gasteiger partial charge in [0.2, 0.25) is 5.91 Å². The maximum absolute atomic E-state index is 12.1. The van der Waals surface area contributed by atoms with E-state index in [-0.39, 0.29) is 5.91 Å². The number of carbonyl (C=O) groups is 1. The van der Waals surface area contributed by atoms with Gasteiger partial charge in [0.25, 0.3) is 0 Å². The van der Waals surface area contributed by atoms with Crippen molar-refractivity contribution in [2.45, 2.75) is 52.1 Å². The molecule has 1 heterocycles. The Morgan fingerprint density at radius 3 is 2.79 bits per heavy atom. The molecule has 24 heavy (non-hydrogen) atoms.